The van der Waals surface area contributed by atoms with Gasteiger partial charge in [-0.1, -0.05) is 70.1 Å². The van der Waals surface area contributed by atoms with E-state index in [9.17, 15) is 14.7 Å². The third kappa shape index (κ3) is 7.37. The van der Waals surface area contributed by atoms with Gasteiger partial charge in [0.1, 0.15) is 5.75 Å². The number of benzene rings is 1. The number of hydrogen-bond acceptors (Lipinski definition) is 5. The number of aliphatic carboxylic acids is 1. The summed E-state index contributed by atoms with van der Waals surface area (Å²) in [5, 5.41) is 13.1. The number of allylic oxidation sites excluding steroid dienone is 2. The standard InChI is InChI=1S/C28H41NO5/c1-6-7-8-9-10-11-12-13-16-19(2)34-28(32)25-21(4)29-20(3)24(27(30)31)26(25)22-17-14-15-18-23(22)33-5/h14-15,17-19,26,29H,6-13,16H2,1-5H3,(H,30,31). The minimum absolute atomic E-state index is 0.123. The Bertz CT molecular complexity index is 902. The zero-order chi connectivity index (χ0) is 25.1. The molecule has 0 radical (unpaired) electrons. The lowest BCUT2D eigenvalue weighted by molar-refractivity contribution is -0.144. The Morgan fingerprint density at radius 3 is 2.18 bits per heavy atom. The van der Waals surface area contributed by atoms with E-state index in [0.29, 0.717) is 28.3 Å². The Morgan fingerprint density at radius 1 is 0.971 bits per heavy atom. The van der Waals surface area contributed by atoms with Gasteiger partial charge in [0.05, 0.1) is 30.3 Å². The van der Waals surface area contributed by atoms with Crippen LogP contribution in [-0.2, 0) is 14.3 Å². The summed E-state index contributed by atoms with van der Waals surface area (Å²) < 4.78 is 11.3. The predicted octanol–water partition coefficient (Wildman–Crippen LogP) is 6.48. The molecule has 1 heterocycles. The van der Waals surface area contributed by atoms with Crippen LogP contribution in [0.4, 0.5) is 0 Å². The van der Waals surface area contributed by atoms with E-state index in [1.54, 1.807) is 26.0 Å². The second-order valence-electron chi connectivity index (χ2n) is 9.16. The number of carboxylic acids is 1. The topological polar surface area (TPSA) is 84.9 Å². The molecule has 188 valence electrons. The third-order valence-electron chi connectivity index (χ3n) is 6.43. The zero-order valence-corrected chi connectivity index (χ0v) is 21.4. The Labute approximate surface area is 204 Å². The number of hydrogen-bond donors (Lipinski definition) is 2. The maximum Gasteiger partial charge on any atom is 0.337 e. The van der Waals surface area contributed by atoms with Gasteiger partial charge in [-0.25, -0.2) is 9.59 Å². The smallest absolute Gasteiger partial charge is 0.337 e. The van der Waals surface area contributed by atoms with E-state index in [1.165, 1.54) is 45.6 Å². The minimum Gasteiger partial charge on any atom is -0.496 e. The van der Waals surface area contributed by atoms with E-state index in [2.05, 4.69) is 12.2 Å². The van der Waals surface area contributed by atoms with Crippen LogP contribution in [0.25, 0.3) is 0 Å². The Morgan fingerprint density at radius 2 is 1.56 bits per heavy atom. The molecule has 6 nitrogen and oxygen atoms in total. The van der Waals surface area contributed by atoms with Gasteiger partial charge in [-0.05, 0) is 39.7 Å². The van der Waals surface area contributed by atoms with Crippen molar-refractivity contribution in [3.8, 4) is 5.75 Å². The lowest BCUT2D eigenvalue weighted by atomic mass is 9.80. The quantitative estimate of drug-likeness (QED) is 0.239. The Balaban J connectivity index is 2.11. The number of unbranched alkanes of at least 4 members (excludes halogenated alkanes) is 7. The summed E-state index contributed by atoms with van der Waals surface area (Å²) in [7, 11) is 1.54. The van der Waals surface area contributed by atoms with Crippen molar-refractivity contribution in [1.29, 1.82) is 0 Å². The Kier molecular flexibility index (Phi) is 11.2. The van der Waals surface area contributed by atoms with Gasteiger partial charge < -0.3 is 19.9 Å². The number of para-hydroxylation sites is 1. The number of dihydropyridines is 1. The minimum atomic E-state index is -1.08. The van der Waals surface area contributed by atoms with Crippen molar-refractivity contribution < 1.29 is 24.2 Å². The fourth-order valence-electron chi connectivity index (χ4n) is 4.63. The van der Waals surface area contributed by atoms with Crippen molar-refractivity contribution in [2.45, 2.75) is 97.5 Å². The number of methoxy groups -OCH3 is 1. The van der Waals surface area contributed by atoms with E-state index >= 15 is 0 Å². The summed E-state index contributed by atoms with van der Waals surface area (Å²) in [6, 6.07) is 7.21. The second kappa shape index (κ2) is 13.8. The molecule has 2 N–H and O–H groups in total. The number of ether oxygens (including phenoxy) is 2. The van der Waals surface area contributed by atoms with E-state index in [0.717, 1.165) is 19.3 Å². The first-order valence-electron chi connectivity index (χ1n) is 12.6. The van der Waals surface area contributed by atoms with Crippen LogP contribution in [0.2, 0.25) is 0 Å². The molecule has 0 fully saturated rings. The molecule has 2 rings (SSSR count). The van der Waals surface area contributed by atoms with E-state index in [1.807, 2.05) is 19.1 Å². The van der Waals surface area contributed by atoms with Crippen LogP contribution in [-0.4, -0.2) is 30.3 Å². The molecule has 0 aliphatic carbocycles. The van der Waals surface area contributed by atoms with Gasteiger partial charge in [-0.2, -0.15) is 0 Å². The molecule has 0 bridgehead atoms. The molecule has 34 heavy (non-hydrogen) atoms. The average Bonchev–Trinajstić information content (AvgIpc) is 2.79. The molecule has 0 spiro atoms. The number of carboxylic acid groups (broad SMARTS) is 1. The molecule has 1 aromatic carbocycles. The summed E-state index contributed by atoms with van der Waals surface area (Å²) >= 11 is 0. The number of nitrogens with one attached hydrogen (secondary N) is 1. The fraction of sp³-hybridized carbons (Fsp3) is 0.571. The maximum atomic E-state index is 13.3. The molecule has 2 unspecified atom stereocenters. The number of carbonyl (C=O) groups is 2. The van der Waals surface area contributed by atoms with E-state index in [-0.39, 0.29) is 11.7 Å². The van der Waals surface area contributed by atoms with Crippen molar-refractivity contribution in [1.82, 2.24) is 5.32 Å². The molecule has 2 atom stereocenters. The first kappa shape index (κ1) is 27.5. The summed E-state index contributed by atoms with van der Waals surface area (Å²) in [5.41, 5.74) is 2.17. The second-order valence-corrected chi connectivity index (χ2v) is 9.16. The summed E-state index contributed by atoms with van der Waals surface area (Å²) in [4.78, 5) is 25.6. The van der Waals surface area contributed by atoms with Crippen molar-refractivity contribution in [3.63, 3.8) is 0 Å². The van der Waals surface area contributed by atoms with Gasteiger partial charge in [-0.15, -0.1) is 0 Å². The molecule has 1 aromatic rings. The van der Waals surface area contributed by atoms with Crippen molar-refractivity contribution in [2.75, 3.05) is 7.11 Å². The first-order chi connectivity index (χ1) is 16.3. The molecule has 1 aliphatic heterocycles. The number of carbonyl (C=O) groups excluding carboxylic acids is 1. The van der Waals surface area contributed by atoms with Crippen LogP contribution in [0.1, 0.15) is 97.0 Å². The van der Waals surface area contributed by atoms with Gasteiger partial charge >= 0.3 is 11.9 Å². The number of esters is 1. The molecule has 0 saturated heterocycles. The van der Waals surface area contributed by atoms with Gasteiger partial charge in [0, 0.05) is 17.0 Å². The molecule has 0 aromatic heterocycles. The van der Waals surface area contributed by atoms with Crippen LogP contribution >= 0.6 is 0 Å². The first-order valence-corrected chi connectivity index (χ1v) is 12.6. The highest BCUT2D eigenvalue weighted by molar-refractivity contribution is 5.99. The van der Waals surface area contributed by atoms with Gasteiger partial charge in [0.25, 0.3) is 0 Å². The zero-order valence-electron chi connectivity index (χ0n) is 21.4. The van der Waals surface area contributed by atoms with Crippen LogP contribution in [0.15, 0.2) is 46.8 Å². The van der Waals surface area contributed by atoms with Crippen molar-refractivity contribution in [2.24, 2.45) is 0 Å². The molecule has 0 saturated carbocycles. The maximum absolute atomic E-state index is 13.3. The fourth-order valence-corrected chi connectivity index (χ4v) is 4.63. The molecular formula is C28H41NO5. The average molecular weight is 472 g/mol. The van der Waals surface area contributed by atoms with Gasteiger partial charge in [-0.3, -0.25) is 0 Å². The Hall–Kier alpha value is -2.76. The highest BCUT2D eigenvalue weighted by Gasteiger charge is 2.39. The number of rotatable bonds is 14. The summed E-state index contributed by atoms with van der Waals surface area (Å²) in [6.45, 7) is 7.62. The van der Waals surface area contributed by atoms with Crippen LogP contribution in [0.3, 0.4) is 0 Å². The van der Waals surface area contributed by atoms with Crippen molar-refractivity contribution >= 4 is 11.9 Å². The largest absolute Gasteiger partial charge is 0.496 e. The SMILES string of the molecule is CCCCCCCCCCC(C)OC(=O)C1=C(C)NC(C)=C(C(=O)O)C1c1ccccc1OC. The monoisotopic (exact) mass is 471 g/mol. The normalized spacial score (nSPS) is 16.8. The lowest BCUT2D eigenvalue weighted by Gasteiger charge is -2.31. The van der Waals surface area contributed by atoms with E-state index < -0.39 is 17.9 Å². The molecule has 0 amide bonds. The highest BCUT2D eigenvalue weighted by atomic mass is 16.5. The lowest BCUT2D eigenvalue weighted by Crippen LogP contribution is -2.33. The third-order valence-corrected chi connectivity index (χ3v) is 6.43. The predicted molar refractivity (Wildman–Crippen MR) is 135 cm³/mol. The molecule has 6 heteroatoms. The van der Waals surface area contributed by atoms with E-state index in [4.69, 9.17) is 9.47 Å². The molecular weight excluding hydrogens is 430 g/mol. The summed E-state index contributed by atoms with van der Waals surface area (Å²) in [5.74, 6) is -1.81. The van der Waals surface area contributed by atoms with Gasteiger partial charge in [0.2, 0.25) is 0 Å². The summed E-state index contributed by atoms with van der Waals surface area (Å²) in [6.07, 6.45) is 10.3. The van der Waals surface area contributed by atoms with Crippen LogP contribution in [0.5, 0.6) is 5.75 Å². The van der Waals surface area contributed by atoms with Crippen LogP contribution < -0.4 is 10.1 Å². The molecule has 1 aliphatic rings. The highest BCUT2D eigenvalue weighted by Crippen LogP contribution is 2.42. The van der Waals surface area contributed by atoms with Crippen molar-refractivity contribution in [3.05, 3.63) is 52.4 Å². The van der Waals surface area contributed by atoms with Crippen LogP contribution in [0, 0.1) is 0 Å². The van der Waals surface area contributed by atoms with Gasteiger partial charge in [0.15, 0.2) is 0 Å².